The molecule has 0 aromatic heterocycles. The molecule has 0 unspecified atom stereocenters. The van der Waals surface area contributed by atoms with Crippen LogP contribution in [0.2, 0.25) is 0 Å². The molecule has 0 bridgehead atoms. The molecule has 0 aliphatic heterocycles. The van der Waals surface area contributed by atoms with Crippen molar-refractivity contribution in [1.82, 2.24) is 0 Å². The van der Waals surface area contributed by atoms with Crippen LogP contribution in [0.1, 0.15) is 32.6 Å². The van der Waals surface area contributed by atoms with Gasteiger partial charge in [-0.25, -0.2) is 0 Å². The Hall–Kier alpha value is -0.830. The molecule has 1 aromatic carbocycles. The molecule has 0 amide bonds. The maximum Gasteiger partial charge on any atom is 0.161 e. The van der Waals surface area contributed by atoms with Gasteiger partial charge < -0.3 is 9.47 Å². The molecule has 0 atom stereocenters. The molecule has 1 aliphatic rings. The summed E-state index contributed by atoms with van der Waals surface area (Å²) >= 11 is 4.50. The molecule has 3 heteroatoms. The molecule has 1 saturated carbocycles. The molecular weight excluding hydrogens is 244 g/mol. The van der Waals surface area contributed by atoms with Gasteiger partial charge in [-0.05, 0) is 37.7 Å². The van der Waals surface area contributed by atoms with Gasteiger partial charge in [-0.15, -0.1) is 0 Å². The van der Waals surface area contributed by atoms with Crippen LogP contribution in [0, 0.1) is 5.41 Å². The number of ether oxygens (including phenoxy) is 2. The van der Waals surface area contributed by atoms with Crippen molar-refractivity contribution in [3.8, 4) is 11.5 Å². The molecule has 1 aromatic rings. The van der Waals surface area contributed by atoms with Gasteiger partial charge in [-0.2, -0.15) is 12.6 Å². The largest absolute Gasteiger partial charge is 0.490 e. The van der Waals surface area contributed by atoms with Crippen molar-refractivity contribution in [2.45, 2.75) is 32.6 Å². The molecule has 2 nitrogen and oxygen atoms in total. The van der Waals surface area contributed by atoms with Gasteiger partial charge in [0.1, 0.15) is 0 Å². The van der Waals surface area contributed by atoms with Crippen LogP contribution >= 0.6 is 12.6 Å². The highest BCUT2D eigenvalue weighted by Crippen LogP contribution is 2.40. The van der Waals surface area contributed by atoms with Crippen LogP contribution in [-0.4, -0.2) is 19.0 Å². The van der Waals surface area contributed by atoms with E-state index in [0.29, 0.717) is 6.61 Å². The molecule has 0 spiro atoms. The predicted molar refractivity (Wildman–Crippen MR) is 77.9 cm³/mol. The van der Waals surface area contributed by atoms with Crippen molar-refractivity contribution < 1.29 is 9.47 Å². The van der Waals surface area contributed by atoms with Gasteiger partial charge in [0.2, 0.25) is 0 Å². The second kappa shape index (κ2) is 6.37. The highest BCUT2D eigenvalue weighted by atomic mass is 32.1. The molecule has 0 radical (unpaired) electrons. The zero-order valence-corrected chi connectivity index (χ0v) is 11.9. The van der Waals surface area contributed by atoms with Gasteiger partial charge in [0.15, 0.2) is 11.5 Å². The van der Waals surface area contributed by atoms with Crippen LogP contribution in [0.4, 0.5) is 0 Å². The molecule has 2 rings (SSSR count). The Kier molecular flexibility index (Phi) is 4.81. The van der Waals surface area contributed by atoms with E-state index in [0.717, 1.165) is 23.9 Å². The summed E-state index contributed by atoms with van der Waals surface area (Å²) in [5.74, 6) is 2.60. The minimum Gasteiger partial charge on any atom is -0.490 e. The third-order valence-electron chi connectivity index (χ3n) is 3.68. The average Bonchev–Trinajstić information content (AvgIpc) is 2.88. The number of rotatable bonds is 6. The first-order valence-electron chi connectivity index (χ1n) is 6.75. The highest BCUT2D eigenvalue weighted by Gasteiger charge is 2.33. The summed E-state index contributed by atoms with van der Waals surface area (Å²) in [5.41, 5.74) is 0.266. The van der Waals surface area contributed by atoms with E-state index in [1.165, 1.54) is 25.7 Å². The quantitative estimate of drug-likeness (QED) is 0.786. The fourth-order valence-electron chi connectivity index (χ4n) is 2.55. The van der Waals surface area contributed by atoms with Crippen LogP contribution in [-0.2, 0) is 0 Å². The summed E-state index contributed by atoms with van der Waals surface area (Å²) in [4.78, 5) is 0. The van der Waals surface area contributed by atoms with Crippen LogP contribution in [0.3, 0.4) is 0 Å². The van der Waals surface area contributed by atoms with Gasteiger partial charge >= 0.3 is 0 Å². The zero-order chi connectivity index (χ0) is 12.8. The topological polar surface area (TPSA) is 18.5 Å². The van der Waals surface area contributed by atoms with Crippen molar-refractivity contribution in [1.29, 1.82) is 0 Å². The first-order valence-corrected chi connectivity index (χ1v) is 7.38. The first-order chi connectivity index (χ1) is 8.79. The Morgan fingerprint density at radius 1 is 1.11 bits per heavy atom. The minimum atomic E-state index is 0.266. The predicted octanol–water partition coefficient (Wildman–Crippen LogP) is 3.95. The van der Waals surface area contributed by atoms with Crippen LogP contribution in [0.25, 0.3) is 0 Å². The summed E-state index contributed by atoms with van der Waals surface area (Å²) in [6.45, 7) is 3.40. The van der Waals surface area contributed by atoms with Crippen molar-refractivity contribution >= 4 is 12.6 Å². The summed E-state index contributed by atoms with van der Waals surface area (Å²) in [5, 5.41) is 0. The Morgan fingerprint density at radius 3 is 2.28 bits per heavy atom. The number of para-hydroxylation sites is 2. The first kappa shape index (κ1) is 13.6. The summed E-state index contributed by atoms with van der Waals surface area (Å²) in [6.07, 6.45) is 5.06. The summed E-state index contributed by atoms with van der Waals surface area (Å²) in [7, 11) is 0. The van der Waals surface area contributed by atoms with Crippen molar-refractivity contribution in [2.75, 3.05) is 19.0 Å². The molecule has 1 fully saturated rings. The molecule has 0 saturated heterocycles. The minimum absolute atomic E-state index is 0.266. The van der Waals surface area contributed by atoms with Gasteiger partial charge in [-0.1, -0.05) is 25.0 Å². The fraction of sp³-hybridized carbons (Fsp3) is 0.600. The number of hydrogen-bond donors (Lipinski definition) is 1. The monoisotopic (exact) mass is 266 g/mol. The lowest BCUT2D eigenvalue weighted by Crippen LogP contribution is -2.27. The van der Waals surface area contributed by atoms with Gasteiger partial charge in [0.25, 0.3) is 0 Å². The van der Waals surface area contributed by atoms with Crippen LogP contribution < -0.4 is 9.47 Å². The second-order valence-corrected chi connectivity index (χ2v) is 5.35. The van der Waals surface area contributed by atoms with E-state index in [9.17, 15) is 0 Å². The second-order valence-electron chi connectivity index (χ2n) is 5.03. The third-order valence-corrected chi connectivity index (χ3v) is 4.35. The van der Waals surface area contributed by atoms with Crippen LogP contribution in [0.5, 0.6) is 11.5 Å². The number of benzene rings is 1. The SMILES string of the molecule is CCOc1ccccc1OCC1(CS)CCCC1. The molecular formula is C15H22O2S. The molecule has 18 heavy (non-hydrogen) atoms. The maximum atomic E-state index is 5.99. The normalized spacial score (nSPS) is 17.7. The summed E-state index contributed by atoms with van der Waals surface area (Å²) < 4.78 is 11.6. The maximum absolute atomic E-state index is 5.99. The van der Waals surface area contributed by atoms with E-state index in [1.807, 2.05) is 31.2 Å². The molecule has 100 valence electrons. The molecule has 0 heterocycles. The van der Waals surface area contributed by atoms with Crippen molar-refractivity contribution in [3.63, 3.8) is 0 Å². The van der Waals surface area contributed by atoms with E-state index >= 15 is 0 Å². The summed E-state index contributed by atoms with van der Waals surface area (Å²) in [6, 6.07) is 7.90. The number of thiol groups is 1. The molecule has 0 N–H and O–H groups in total. The van der Waals surface area contributed by atoms with Gasteiger partial charge in [0.05, 0.1) is 13.2 Å². The van der Waals surface area contributed by atoms with Gasteiger partial charge in [-0.3, -0.25) is 0 Å². The van der Waals surface area contributed by atoms with E-state index in [4.69, 9.17) is 9.47 Å². The average molecular weight is 266 g/mol. The third kappa shape index (κ3) is 3.14. The Balaban J connectivity index is 2.00. The Bertz CT molecular complexity index is 373. The standard InChI is InChI=1S/C15H22O2S/c1-2-16-13-7-3-4-8-14(13)17-11-15(12-18)9-5-6-10-15/h3-4,7-8,18H,2,5-6,9-12H2,1H3. The lowest BCUT2D eigenvalue weighted by atomic mass is 9.90. The Morgan fingerprint density at radius 2 is 1.72 bits per heavy atom. The van der Waals surface area contributed by atoms with E-state index in [2.05, 4.69) is 12.6 Å². The van der Waals surface area contributed by atoms with E-state index in [1.54, 1.807) is 0 Å². The van der Waals surface area contributed by atoms with Crippen molar-refractivity contribution in [2.24, 2.45) is 5.41 Å². The molecule has 1 aliphatic carbocycles. The van der Waals surface area contributed by atoms with Crippen LogP contribution in [0.15, 0.2) is 24.3 Å². The van der Waals surface area contributed by atoms with E-state index < -0.39 is 0 Å². The fourth-order valence-corrected chi connectivity index (χ4v) is 2.96. The van der Waals surface area contributed by atoms with E-state index in [-0.39, 0.29) is 5.41 Å². The Labute approximate surface area is 115 Å². The van der Waals surface area contributed by atoms with Gasteiger partial charge in [0, 0.05) is 5.41 Å². The highest BCUT2D eigenvalue weighted by molar-refractivity contribution is 7.80. The zero-order valence-electron chi connectivity index (χ0n) is 11.0. The smallest absolute Gasteiger partial charge is 0.161 e. The lowest BCUT2D eigenvalue weighted by Gasteiger charge is -2.27. The number of hydrogen-bond acceptors (Lipinski definition) is 3. The lowest BCUT2D eigenvalue weighted by molar-refractivity contribution is 0.166. The van der Waals surface area contributed by atoms with Crippen molar-refractivity contribution in [3.05, 3.63) is 24.3 Å².